The molecule has 1 saturated heterocycles. The molecule has 11 heteroatoms. The zero-order valence-corrected chi connectivity index (χ0v) is 19.3. The second-order valence-corrected chi connectivity index (χ2v) is 9.64. The molecule has 0 bridgehead atoms. The molecule has 2 aromatic heterocycles. The van der Waals surface area contributed by atoms with Crippen LogP contribution in [0.3, 0.4) is 0 Å². The summed E-state index contributed by atoms with van der Waals surface area (Å²) in [5.74, 6) is 0.0641. The number of likely N-dealkylation sites (tertiary alicyclic amines) is 1. The second kappa shape index (κ2) is 9.76. The first-order valence-corrected chi connectivity index (χ1v) is 12.0. The van der Waals surface area contributed by atoms with E-state index in [-0.39, 0.29) is 29.6 Å². The van der Waals surface area contributed by atoms with Gasteiger partial charge in [0.2, 0.25) is 6.43 Å². The Hall–Kier alpha value is -3.08. The Balaban J connectivity index is 1.35. The Morgan fingerprint density at radius 3 is 2.64 bits per heavy atom. The van der Waals surface area contributed by atoms with Crippen LogP contribution < -0.4 is 5.32 Å². The van der Waals surface area contributed by atoms with Gasteiger partial charge in [0.1, 0.15) is 11.4 Å². The van der Waals surface area contributed by atoms with Gasteiger partial charge in [0.15, 0.2) is 5.82 Å². The maximum Gasteiger partial charge on any atom is 0.416 e. The van der Waals surface area contributed by atoms with Crippen molar-refractivity contribution in [3.8, 4) is 17.0 Å². The number of benzene rings is 1. The summed E-state index contributed by atoms with van der Waals surface area (Å²) in [6.07, 6.45) is -0.210. The normalized spacial score (nSPS) is 23.1. The van der Waals surface area contributed by atoms with Crippen LogP contribution in [0.1, 0.15) is 37.7 Å². The molecule has 5 rings (SSSR count). The van der Waals surface area contributed by atoms with E-state index in [9.17, 15) is 27.1 Å². The van der Waals surface area contributed by atoms with Crippen LogP contribution in [0, 0.1) is 5.92 Å². The zero-order chi connectivity index (χ0) is 25.4. The number of hydrogen-bond acceptors (Lipinski definition) is 6. The standard InChI is InChI=1S/C25H26F5N5O/c26-22(27)10-14-8-17(9-14)35-7-1-2-16(13-35)32-24-20-12-31-6-5-18(20)23(33-34-24)19-4-3-15(11-21(19)36)25(28,29)30/h3-6,11-12,14,16-17,22,36H,1-2,7-10,13H2,(H,32,34)/t14?,16-,17?/m1/s1. The van der Waals surface area contributed by atoms with E-state index in [0.29, 0.717) is 28.7 Å². The van der Waals surface area contributed by atoms with E-state index >= 15 is 0 Å². The fourth-order valence-electron chi connectivity index (χ4n) is 5.30. The monoisotopic (exact) mass is 507 g/mol. The van der Waals surface area contributed by atoms with Gasteiger partial charge < -0.3 is 10.4 Å². The summed E-state index contributed by atoms with van der Waals surface area (Å²) in [6, 6.07) is 4.86. The maximum atomic E-state index is 13.0. The first-order chi connectivity index (χ1) is 17.2. The number of aromatic hydroxyl groups is 1. The van der Waals surface area contributed by atoms with Crippen LogP contribution in [0.25, 0.3) is 22.0 Å². The van der Waals surface area contributed by atoms with E-state index in [4.69, 9.17) is 0 Å². The molecule has 1 atom stereocenters. The third kappa shape index (κ3) is 5.07. The molecule has 1 aliphatic carbocycles. The van der Waals surface area contributed by atoms with Gasteiger partial charge in [-0.25, -0.2) is 8.78 Å². The second-order valence-electron chi connectivity index (χ2n) is 9.64. The minimum absolute atomic E-state index is 0.0264. The molecule has 3 heterocycles. The number of nitrogens with one attached hydrogen (secondary N) is 1. The van der Waals surface area contributed by atoms with Crippen molar-refractivity contribution >= 4 is 16.6 Å². The summed E-state index contributed by atoms with van der Waals surface area (Å²) >= 11 is 0. The summed E-state index contributed by atoms with van der Waals surface area (Å²) in [5, 5.41) is 23.5. The van der Waals surface area contributed by atoms with Gasteiger partial charge in [0.25, 0.3) is 0 Å². The highest BCUT2D eigenvalue weighted by atomic mass is 19.4. The van der Waals surface area contributed by atoms with Crippen LogP contribution >= 0.6 is 0 Å². The number of pyridine rings is 1. The third-order valence-corrected chi connectivity index (χ3v) is 7.19. The minimum Gasteiger partial charge on any atom is -0.507 e. The molecule has 3 aromatic rings. The van der Waals surface area contributed by atoms with Gasteiger partial charge in [-0.15, -0.1) is 10.2 Å². The quantitative estimate of drug-likeness (QED) is 0.416. The number of fused-ring (bicyclic) bond motifs is 1. The number of hydrogen-bond donors (Lipinski definition) is 2. The molecular weight excluding hydrogens is 481 g/mol. The van der Waals surface area contributed by atoms with Gasteiger partial charge in [-0.05, 0) is 62.4 Å². The number of alkyl halides is 5. The third-order valence-electron chi connectivity index (χ3n) is 7.19. The van der Waals surface area contributed by atoms with Crippen LogP contribution in [-0.4, -0.2) is 56.8 Å². The molecule has 0 radical (unpaired) electrons. The number of aromatic nitrogens is 3. The molecular formula is C25H26F5N5O. The lowest BCUT2D eigenvalue weighted by molar-refractivity contribution is -0.137. The van der Waals surface area contributed by atoms with Crippen molar-refractivity contribution in [3.63, 3.8) is 0 Å². The van der Waals surface area contributed by atoms with E-state index < -0.39 is 23.9 Å². The zero-order valence-electron chi connectivity index (χ0n) is 19.3. The number of nitrogens with zero attached hydrogens (tertiary/aromatic N) is 4. The van der Waals surface area contributed by atoms with Crippen LogP contribution in [0.15, 0.2) is 36.7 Å². The Labute approximate surface area is 204 Å². The molecule has 0 unspecified atom stereocenters. The minimum atomic E-state index is -4.57. The topological polar surface area (TPSA) is 74.2 Å². The van der Waals surface area contributed by atoms with Crippen molar-refractivity contribution in [1.29, 1.82) is 0 Å². The molecule has 0 amide bonds. The molecule has 1 aliphatic heterocycles. The van der Waals surface area contributed by atoms with Crippen LogP contribution in [-0.2, 0) is 6.18 Å². The SMILES string of the molecule is Oc1cc(C(F)(F)F)ccc1-c1nnc(N[C@@H]2CCCN(C3CC(CC(F)F)C3)C2)c2cnccc12. The van der Waals surface area contributed by atoms with Crippen LogP contribution in [0.5, 0.6) is 5.75 Å². The van der Waals surface area contributed by atoms with Gasteiger partial charge in [-0.3, -0.25) is 9.88 Å². The molecule has 192 valence electrons. The molecule has 1 aromatic carbocycles. The van der Waals surface area contributed by atoms with Gasteiger partial charge in [-0.1, -0.05) is 0 Å². The average Bonchev–Trinajstić information content (AvgIpc) is 2.81. The summed E-state index contributed by atoms with van der Waals surface area (Å²) < 4.78 is 64.3. The van der Waals surface area contributed by atoms with E-state index in [1.54, 1.807) is 18.5 Å². The summed E-state index contributed by atoms with van der Waals surface area (Å²) in [7, 11) is 0. The number of anilines is 1. The van der Waals surface area contributed by atoms with Gasteiger partial charge >= 0.3 is 6.18 Å². The van der Waals surface area contributed by atoms with E-state index in [0.717, 1.165) is 44.8 Å². The van der Waals surface area contributed by atoms with Crippen molar-refractivity contribution in [2.45, 2.75) is 56.8 Å². The number of halogens is 5. The highest BCUT2D eigenvalue weighted by molar-refractivity contribution is 6.00. The molecule has 2 aliphatic rings. The predicted molar refractivity (Wildman–Crippen MR) is 125 cm³/mol. The Morgan fingerprint density at radius 2 is 1.92 bits per heavy atom. The first kappa shape index (κ1) is 24.6. The van der Waals surface area contributed by atoms with Crippen molar-refractivity contribution in [1.82, 2.24) is 20.1 Å². The largest absolute Gasteiger partial charge is 0.507 e. The lowest BCUT2D eigenvalue weighted by Gasteiger charge is -2.46. The first-order valence-electron chi connectivity index (χ1n) is 12.0. The number of phenolic OH excluding ortho intramolecular Hbond substituents is 1. The summed E-state index contributed by atoms with van der Waals surface area (Å²) in [4.78, 5) is 6.53. The Bertz CT molecular complexity index is 1230. The highest BCUT2D eigenvalue weighted by Crippen LogP contribution is 2.39. The Morgan fingerprint density at radius 1 is 1.11 bits per heavy atom. The molecule has 2 N–H and O–H groups in total. The molecule has 2 fully saturated rings. The van der Waals surface area contributed by atoms with E-state index in [2.05, 4.69) is 25.4 Å². The maximum absolute atomic E-state index is 13.0. The number of rotatable bonds is 6. The fourth-order valence-corrected chi connectivity index (χ4v) is 5.30. The van der Waals surface area contributed by atoms with Crippen molar-refractivity contribution < 1.29 is 27.1 Å². The molecule has 36 heavy (non-hydrogen) atoms. The smallest absolute Gasteiger partial charge is 0.416 e. The lowest BCUT2D eigenvalue weighted by Crippen LogP contribution is -2.52. The highest BCUT2D eigenvalue weighted by Gasteiger charge is 2.37. The molecule has 6 nitrogen and oxygen atoms in total. The molecule has 1 saturated carbocycles. The molecule has 0 spiro atoms. The predicted octanol–water partition coefficient (Wildman–Crippen LogP) is 5.73. The number of piperidine rings is 1. The van der Waals surface area contributed by atoms with Gasteiger partial charge in [-0.2, -0.15) is 13.2 Å². The van der Waals surface area contributed by atoms with Crippen LogP contribution in [0.2, 0.25) is 0 Å². The van der Waals surface area contributed by atoms with Crippen molar-refractivity contribution in [2.75, 3.05) is 18.4 Å². The van der Waals surface area contributed by atoms with E-state index in [1.165, 1.54) is 6.07 Å². The van der Waals surface area contributed by atoms with E-state index in [1.807, 2.05) is 0 Å². The summed E-state index contributed by atoms with van der Waals surface area (Å²) in [5.41, 5.74) is -0.547. The summed E-state index contributed by atoms with van der Waals surface area (Å²) in [6.45, 7) is 1.70. The fraction of sp³-hybridized carbons (Fsp3) is 0.480. The Kier molecular flexibility index (Phi) is 6.67. The van der Waals surface area contributed by atoms with Crippen molar-refractivity contribution in [2.24, 2.45) is 5.92 Å². The lowest BCUT2D eigenvalue weighted by atomic mass is 9.76. The van der Waals surface area contributed by atoms with Gasteiger partial charge in [0, 0.05) is 53.8 Å². The van der Waals surface area contributed by atoms with Crippen molar-refractivity contribution in [3.05, 3.63) is 42.2 Å². The van der Waals surface area contributed by atoms with Crippen LogP contribution in [0.4, 0.5) is 27.8 Å². The van der Waals surface area contributed by atoms with Gasteiger partial charge in [0.05, 0.1) is 5.56 Å². The number of phenols is 1. The average molecular weight is 508 g/mol.